The SMILES string of the molecule is COc1ccc(CNC(=O)C(=O)c2c(-c3ccc(OC)cc3)cc3ccccn23)cc1. The highest BCUT2D eigenvalue weighted by atomic mass is 16.5. The molecule has 0 saturated carbocycles. The van der Waals surface area contributed by atoms with Crippen LogP contribution in [0.4, 0.5) is 0 Å². The van der Waals surface area contributed by atoms with Crippen molar-refractivity contribution in [3.63, 3.8) is 0 Å². The summed E-state index contributed by atoms with van der Waals surface area (Å²) in [6.07, 6.45) is 1.78. The topological polar surface area (TPSA) is 69.0 Å². The highest BCUT2D eigenvalue weighted by molar-refractivity contribution is 6.43. The van der Waals surface area contributed by atoms with E-state index >= 15 is 0 Å². The third-order valence-electron chi connectivity index (χ3n) is 5.11. The Balaban J connectivity index is 1.63. The number of ether oxygens (including phenoxy) is 2. The van der Waals surface area contributed by atoms with E-state index in [1.165, 1.54) is 0 Å². The summed E-state index contributed by atoms with van der Waals surface area (Å²) in [7, 11) is 3.20. The van der Waals surface area contributed by atoms with Crippen LogP contribution in [-0.4, -0.2) is 30.3 Å². The minimum Gasteiger partial charge on any atom is -0.497 e. The van der Waals surface area contributed by atoms with Crippen molar-refractivity contribution in [2.75, 3.05) is 14.2 Å². The zero-order chi connectivity index (χ0) is 21.8. The van der Waals surface area contributed by atoms with Gasteiger partial charge in [-0.3, -0.25) is 9.59 Å². The van der Waals surface area contributed by atoms with E-state index in [-0.39, 0.29) is 6.54 Å². The number of rotatable bonds is 7. The van der Waals surface area contributed by atoms with E-state index in [2.05, 4.69) is 5.32 Å². The predicted octanol–water partition coefficient (Wildman–Crippen LogP) is 4.12. The van der Waals surface area contributed by atoms with Gasteiger partial charge in [0.25, 0.3) is 11.7 Å². The normalized spacial score (nSPS) is 10.6. The third-order valence-corrected chi connectivity index (χ3v) is 5.11. The van der Waals surface area contributed by atoms with Crippen molar-refractivity contribution >= 4 is 17.2 Å². The van der Waals surface area contributed by atoms with Crippen LogP contribution in [0.25, 0.3) is 16.6 Å². The fourth-order valence-corrected chi connectivity index (χ4v) is 3.46. The molecule has 0 bridgehead atoms. The second-order valence-electron chi connectivity index (χ2n) is 6.99. The van der Waals surface area contributed by atoms with Crippen molar-refractivity contribution < 1.29 is 19.1 Å². The molecule has 2 aromatic carbocycles. The summed E-state index contributed by atoms with van der Waals surface area (Å²) in [5.41, 5.74) is 3.55. The van der Waals surface area contributed by atoms with E-state index < -0.39 is 11.7 Å². The van der Waals surface area contributed by atoms with Crippen molar-refractivity contribution in [1.29, 1.82) is 0 Å². The summed E-state index contributed by atoms with van der Waals surface area (Å²) in [5.74, 6) is 0.201. The Morgan fingerprint density at radius 1 is 0.871 bits per heavy atom. The van der Waals surface area contributed by atoms with Gasteiger partial charge in [0.2, 0.25) is 0 Å². The minimum atomic E-state index is -0.658. The molecule has 0 unspecified atom stereocenters. The van der Waals surface area contributed by atoms with Crippen LogP contribution >= 0.6 is 0 Å². The van der Waals surface area contributed by atoms with Gasteiger partial charge in [0.05, 0.1) is 14.2 Å². The van der Waals surface area contributed by atoms with Crippen LogP contribution in [0.2, 0.25) is 0 Å². The highest BCUT2D eigenvalue weighted by Gasteiger charge is 2.24. The molecule has 4 aromatic rings. The number of nitrogens with one attached hydrogen (secondary N) is 1. The lowest BCUT2D eigenvalue weighted by Gasteiger charge is -2.09. The molecule has 4 rings (SSSR count). The molecule has 1 amide bonds. The number of carbonyl (C=O) groups is 2. The molecule has 2 aromatic heterocycles. The number of Topliss-reactive ketones (excluding diaryl/α,β-unsaturated/α-hetero) is 1. The summed E-state index contributed by atoms with van der Waals surface area (Å²) in [4.78, 5) is 25.9. The molecule has 0 atom stereocenters. The van der Waals surface area contributed by atoms with Gasteiger partial charge < -0.3 is 19.2 Å². The molecule has 0 fully saturated rings. The van der Waals surface area contributed by atoms with Gasteiger partial charge >= 0.3 is 0 Å². The first kappa shape index (κ1) is 20.2. The van der Waals surface area contributed by atoms with E-state index in [0.29, 0.717) is 11.3 Å². The van der Waals surface area contributed by atoms with Crippen LogP contribution in [0.3, 0.4) is 0 Å². The molecule has 0 saturated heterocycles. The number of hydrogen-bond donors (Lipinski definition) is 1. The Kier molecular flexibility index (Phi) is 5.71. The zero-order valence-electron chi connectivity index (χ0n) is 17.3. The molecular weight excluding hydrogens is 392 g/mol. The standard InChI is InChI=1S/C25H22N2O4/c1-30-20-10-6-17(7-11-20)16-26-25(29)24(28)23-22(15-19-5-3-4-14-27(19)23)18-8-12-21(31-2)13-9-18/h3-15H,16H2,1-2H3,(H,26,29). The maximum atomic E-state index is 13.2. The van der Waals surface area contributed by atoms with Gasteiger partial charge in [0.15, 0.2) is 0 Å². The lowest BCUT2D eigenvalue weighted by atomic mass is 10.0. The summed E-state index contributed by atoms with van der Waals surface area (Å²) in [6.45, 7) is 0.246. The second kappa shape index (κ2) is 8.75. The first-order chi connectivity index (χ1) is 15.1. The molecule has 0 radical (unpaired) electrons. The summed E-state index contributed by atoms with van der Waals surface area (Å²) in [6, 6.07) is 22.3. The van der Waals surface area contributed by atoms with Crippen LogP contribution in [0.5, 0.6) is 11.5 Å². The Labute approximate surface area is 180 Å². The molecule has 0 aliphatic carbocycles. The van der Waals surface area contributed by atoms with Crippen LogP contribution in [0.15, 0.2) is 79.0 Å². The highest BCUT2D eigenvalue weighted by Crippen LogP contribution is 2.29. The van der Waals surface area contributed by atoms with Crippen molar-refractivity contribution in [2.24, 2.45) is 0 Å². The van der Waals surface area contributed by atoms with Gasteiger partial charge in [-0.05, 0) is 53.6 Å². The Bertz CT molecular complexity index is 1220. The van der Waals surface area contributed by atoms with Crippen LogP contribution in [-0.2, 0) is 11.3 Å². The largest absolute Gasteiger partial charge is 0.497 e. The number of hydrogen-bond acceptors (Lipinski definition) is 4. The van der Waals surface area contributed by atoms with E-state index in [1.54, 1.807) is 24.8 Å². The fraction of sp³-hybridized carbons (Fsp3) is 0.120. The van der Waals surface area contributed by atoms with Crippen LogP contribution in [0.1, 0.15) is 16.1 Å². The second-order valence-corrected chi connectivity index (χ2v) is 6.99. The van der Waals surface area contributed by atoms with Crippen molar-refractivity contribution in [3.05, 3.63) is 90.3 Å². The fourth-order valence-electron chi connectivity index (χ4n) is 3.46. The third kappa shape index (κ3) is 4.14. The summed E-state index contributed by atoms with van der Waals surface area (Å²) < 4.78 is 12.1. The molecule has 0 aliphatic rings. The predicted molar refractivity (Wildman–Crippen MR) is 119 cm³/mol. The number of benzene rings is 2. The van der Waals surface area contributed by atoms with Crippen molar-refractivity contribution in [2.45, 2.75) is 6.54 Å². The first-order valence-electron chi connectivity index (χ1n) is 9.80. The molecule has 6 heteroatoms. The number of amides is 1. The number of nitrogens with zero attached hydrogens (tertiary/aromatic N) is 1. The average molecular weight is 414 g/mol. The maximum Gasteiger partial charge on any atom is 0.294 e. The Morgan fingerprint density at radius 2 is 1.52 bits per heavy atom. The Morgan fingerprint density at radius 3 is 2.16 bits per heavy atom. The van der Waals surface area contributed by atoms with Crippen molar-refractivity contribution in [3.8, 4) is 22.6 Å². The lowest BCUT2D eigenvalue weighted by Crippen LogP contribution is -2.31. The average Bonchev–Trinajstić information content (AvgIpc) is 3.22. The van der Waals surface area contributed by atoms with Gasteiger partial charge in [0.1, 0.15) is 17.2 Å². The Hall–Kier alpha value is -4.06. The molecule has 1 N–H and O–H groups in total. The number of pyridine rings is 1. The number of aromatic nitrogens is 1. The van der Waals surface area contributed by atoms with E-state index in [0.717, 1.165) is 28.1 Å². The summed E-state index contributed by atoms with van der Waals surface area (Å²) >= 11 is 0. The zero-order valence-corrected chi connectivity index (χ0v) is 17.3. The first-order valence-corrected chi connectivity index (χ1v) is 9.80. The molecule has 31 heavy (non-hydrogen) atoms. The van der Waals surface area contributed by atoms with Gasteiger partial charge in [-0.2, -0.15) is 0 Å². The molecule has 0 spiro atoms. The number of ketones is 1. The molecular formula is C25H22N2O4. The molecule has 2 heterocycles. The number of fused-ring (bicyclic) bond motifs is 1. The molecule has 156 valence electrons. The van der Waals surface area contributed by atoms with Gasteiger partial charge in [-0.1, -0.05) is 30.3 Å². The van der Waals surface area contributed by atoms with E-state index in [4.69, 9.17) is 9.47 Å². The number of carbonyl (C=O) groups excluding carboxylic acids is 2. The van der Waals surface area contributed by atoms with Crippen molar-refractivity contribution in [1.82, 2.24) is 9.72 Å². The van der Waals surface area contributed by atoms with E-state index in [9.17, 15) is 9.59 Å². The maximum absolute atomic E-state index is 13.2. The van der Waals surface area contributed by atoms with E-state index in [1.807, 2.05) is 72.8 Å². The van der Waals surface area contributed by atoms with Crippen LogP contribution in [0, 0.1) is 0 Å². The summed E-state index contributed by atoms with van der Waals surface area (Å²) in [5, 5.41) is 2.72. The monoisotopic (exact) mass is 414 g/mol. The van der Waals surface area contributed by atoms with Gasteiger partial charge in [-0.25, -0.2) is 0 Å². The number of methoxy groups -OCH3 is 2. The smallest absolute Gasteiger partial charge is 0.294 e. The van der Waals surface area contributed by atoms with Gasteiger partial charge in [-0.15, -0.1) is 0 Å². The quantitative estimate of drug-likeness (QED) is 0.365. The molecule has 6 nitrogen and oxygen atoms in total. The van der Waals surface area contributed by atoms with Crippen LogP contribution < -0.4 is 14.8 Å². The minimum absolute atomic E-state index is 0.246. The molecule has 0 aliphatic heterocycles. The van der Waals surface area contributed by atoms with Gasteiger partial charge in [0, 0.05) is 23.8 Å². The lowest BCUT2D eigenvalue weighted by molar-refractivity contribution is -0.117.